The van der Waals surface area contributed by atoms with Crippen molar-refractivity contribution < 1.29 is 14.6 Å². The van der Waals surface area contributed by atoms with Gasteiger partial charge in [-0.25, -0.2) is 0 Å². The lowest BCUT2D eigenvalue weighted by molar-refractivity contribution is -0.143. The number of aliphatic carboxylic acids is 1. The number of hydrogen-bond acceptors (Lipinski definition) is 2. The molecule has 0 saturated heterocycles. The van der Waals surface area contributed by atoms with Gasteiger partial charge in [-0.1, -0.05) is 38.8 Å². The molecule has 4 heteroatoms. The number of ether oxygens (including phenoxy) is 1. The second kappa shape index (κ2) is 6.91. The number of halogens is 1. The van der Waals surface area contributed by atoms with Gasteiger partial charge in [-0.2, -0.15) is 0 Å². The summed E-state index contributed by atoms with van der Waals surface area (Å²) >= 11 is 6.10. The van der Waals surface area contributed by atoms with Crippen molar-refractivity contribution in [3.05, 3.63) is 28.8 Å². The van der Waals surface area contributed by atoms with Crippen LogP contribution >= 0.6 is 11.6 Å². The maximum atomic E-state index is 11.1. The molecular formula is C18H25ClO3. The fourth-order valence-corrected chi connectivity index (χ4v) is 3.26. The van der Waals surface area contributed by atoms with Crippen LogP contribution in [0.15, 0.2) is 18.2 Å². The van der Waals surface area contributed by atoms with Crippen LogP contribution in [0.1, 0.15) is 52.0 Å². The van der Waals surface area contributed by atoms with Crippen LogP contribution in [0.4, 0.5) is 0 Å². The molecule has 0 aliphatic heterocycles. The van der Waals surface area contributed by atoms with E-state index in [9.17, 15) is 4.79 Å². The Morgan fingerprint density at radius 3 is 2.73 bits per heavy atom. The Morgan fingerprint density at radius 1 is 1.36 bits per heavy atom. The van der Waals surface area contributed by atoms with Crippen LogP contribution in [-0.4, -0.2) is 17.7 Å². The second-order valence-electron chi connectivity index (χ2n) is 7.27. The van der Waals surface area contributed by atoms with Crippen molar-refractivity contribution in [2.45, 2.75) is 51.9 Å². The minimum absolute atomic E-state index is 0.0452. The summed E-state index contributed by atoms with van der Waals surface area (Å²) in [4.78, 5) is 11.1. The maximum absolute atomic E-state index is 11.1. The molecule has 1 aromatic rings. The molecule has 0 amide bonds. The lowest BCUT2D eigenvalue weighted by atomic mass is 9.82. The summed E-state index contributed by atoms with van der Waals surface area (Å²) in [7, 11) is 0. The van der Waals surface area contributed by atoms with Gasteiger partial charge in [0.05, 0.1) is 12.5 Å². The average Bonchev–Trinajstić information content (AvgIpc) is 2.45. The van der Waals surface area contributed by atoms with E-state index in [0.717, 1.165) is 30.6 Å². The minimum atomic E-state index is -0.674. The third kappa shape index (κ3) is 4.39. The van der Waals surface area contributed by atoms with Gasteiger partial charge in [0, 0.05) is 10.6 Å². The van der Waals surface area contributed by atoms with Gasteiger partial charge in [-0.3, -0.25) is 4.79 Å². The Hall–Kier alpha value is -1.22. The molecule has 2 atom stereocenters. The highest BCUT2D eigenvalue weighted by Crippen LogP contribution is 2.35. The minimum Gasteiger partial charge on any atom is -0.493 e. The topological polar surface area (TPSA) is 46.5 Å². The van der Waals surface area contributed by atoms with E-state index in [1.807, 2.05) is 18.2 Å². The van der Waals surface area contributed by atoms with E-state index in [0.29, 0.717) is 24.0 Å². The van der Waals surface area contributed by atoms with Crippen LogP contribution in [-0.2, 0) is 10.2 Å². The Kier molecular flexibility index (Phi) is 5.38. The molecule has 1 aliphatic carbocycles. The van der Waals surface area contributed by atoms with Crippen molar-refractivity contribution in [2.75, 3.05) is 6.61 Å². The molecule has 0 aromatic heterocycles. The number of benzene rings is 1. The molecular weight excluding hydrogens is 300 g/mol. The fraction of sp³-hybridized carbons (Fsp3) is 0.611. The molecule has 3 nitrogen and oxygen atoms in total. The lowest BCUT2D eigenvalue weighted by Crippen LogP contribution is -2.26. The first-order valence-electron chi connectivity index (χ1n) is 7.93. The number of carboxylic acids is 1. The molecule has 122 valence electrons. The van der Waals surface area contributed by atoms with Crippen molar-refractivity contribution in [3.8, 4) is 5.75 Å². The molecule has 22 heavy (non-hydrogen) atoms. The molecule has 1 aliphatic rings. The summed E-state index contributed by atoms with van der Waals surface area (Å²) in [5.74, 6) is 0.286. The monoisotopic (exact) mass is 324 g/mol. The molecule has 0 spiro atoms. The Morgan fingerprint density at radius 2 is 2.09 bits per heavy atom. The first kappa shape index (κ1) is 17.1. The summed E-state index contributed by atoms with van der Waals surface area (Å²) in [6.07, 6.45) is 3.52. The normalized spacial score (nSPS) is 22.4. The summed E-state index contributed by atoms with van der Waals surface area (Å²) in [6, 6.07) is 5.71. The predicted molar refractivity (Wildman–Crippen MR) is 88.7 cm³/mol. The SMILES string of the molecule is CC(C)(C)c1cc(Cl)ccc1OCC1CCCC(C(=O)O)C1. The zero-order valence-corrected chi connectivity index (χ0v) is 14.3. The molecule has 1 N–H and O–H groups in total. The van der Waals surface area contributed by atoms with Gasteiger partial charge >= 0.3 is 5.97 Å². The van der Waals surface area contributed by atoms with Crippen LogP contribution in [0.3, 0.4) is 0 Å². The smallest absolute Gasteiger partial charge is 0.306 e. The fourth-order valence-electron chi connectivity index (χ4n) is 3.09. The number of carbonyl (C=O) groups is 1. The molecule has 2 unspecified atom stereocenters. The van der Waals surface area contributed by atoms with Gasteiger partial charge in [-0.05, 0) is 48.8 Å². The van der Waals surface area contributed by atoms with Crippen molar-refractivity contribution >= 4 is 17.6 Å². The summed E-state index contributed by atoms with van der Waals surface area (Å²) in [6.45, 7) is 6.97. The molecule has 2 rings (SSSR count). The molecule has 1 fully saturated rings. The number of rotatable bonds is 4. The van der Waals surface area contributed by atoms with Crippen molar-refractivity contribution in [1.82, 2.24) is 0 Å². The Bertz CT molecular complexity index is 534. The van der Waals surface area contributed by atoms with E-state index in [4.69, 9.17) is 21.4 Å². The van der Waals surface area contributed by atoms with Crippen LogP contribution in [0.5, 0.6) is 5.75 Å². The number of carboxylic acid groups (broad SMARTS) is 1. The zero-order chi connectivity index (χ0) is 16.3. The van der Waals surface area contributed by atoms with Gasteiger partial charge in [0.2, 0.25) is 0 Å². The van der Waals surface area contributed by atoms with Gasteiger partial charge < -0.3 is 9.84 Å². The predicted octanol–water partition coefficient (Wildman–Crippen LogP) is 4.91. The van der Waals surface area contributed by atoms with Gasteiger partial charge in [-0.15, -0.1) is 0 Å². The standard InChI is InChI=1S/C18H25ClO3/c1-18(2,3)15-10-14(19)7-8-16(15)22-11-12-5-4-6-13(9-12)17(20)21/h7-8,10,12-13H,4-6,9,11H2,1-3H3,(H,20,21). The van der Waals surface area contributed by atoms with Crippen LogP contribution in [0.2, 0.25) is 5.02 Å². The first-order chi connectivity index (χ1) is 10.3. The van der Waals surface area contributed by atoms with E-state index in [1.54, 1.807) is 0 Å². The third-order valence-electron chi connectivity index (χ3n) is 4.36. The molecule has 1 aromatic carbocycles. The van der Waals surface area contributed by atoms with Gasteiger partial charge in [0.25, 0.3) is 0 Å². The van der Waals surface area contributed by atoms with Gasteiger partial charge in [0.1, 0.15) is 5.75 Å². The summed E-state index contributed by atoms with van der Waals surface area (Å²) < 4.78 is 6.03. The van der Waals surface area contributed by atoms with E-state index >= 15 is 0 Å². The molecule has 0 bridgehead atoms. The van der Waals surface area contributed by atoms with Crippen molar-refractivity contribution in [3.63, 3.8) is 0 Å². The van der Waals surface area contributed by atoms with Crippen LogP contribution in [0, 0.1) is 11.8 Å². The Balaban J connectivity index is 2.04. The highest BCUT2D eigenvalue weighted by molar-refractivity contribution is 6.30. The van der Waals surface area contributed by atoms with E-state index in [-0.39, 0.29) is 11.3 Å². The maximum Gasteiger partial charge on any atom is 0.306 e. The van der Waals surface area contributed by atoms with Crippen LogP contribution in [0.25, 0.3) is 0 Å². The highest BCUT2D eigenvalue weighted by Gasteiger charge is 2.28. The molecule has 0 radical (unpaired) electrons. The summed E-state index contributed by atoms with van der Waals surface area (Å²) in [5, 5.41) is 9.88. The first-order valence-corrected chi connectivity index (χ1v) is 8.31. The van der Waals surface area contributed by atoms with E-state index in [2.05, 4.69) is 20.8 Å². The lowest BCUT2D eigenvalue weighted by Gasteiger charge is -2.28. The summed E-state index contributed by atoms with van der Waals surface area (Å²) in [5.41, 5.74) is 1.04. The van der Waals surface area contributed by atoms with Crippen molar-refractivity contribution in [2.24, 2.45) is 11.8 Å². The molecule has 0 heterocycles. The quantitative estimate of drug-likeness (QED) is 0.856. The van der Waals surface area contributed by atoms with Gasteiger partial charge in [0.15, 0.2) is 0 Å². The number of hydrogen-bond donors (Lipinski definition) is 1. The average molecular weight is 325 g/mol. The van der Waals surface area contributed by atoms with E-state index < -0.39 is 5.97 Å². The second-order valence-corrected chi connectivity index (χ2v) is 7.71. The van der Waals surface area contributed by atoms with Crippen molar-refractivity contribution in [1.29, 1.82) is 0 Å². The third-order valence-corrected chi connectivity index (χ3v) is 4.59. The van der Waals surface area contributed by atoms with E-state index in [1.165, 1.54) is 0 Å². The van der Waals surface area contributed by atoms with Crippen LogP contribution < -0.4 is 4.74 Å². The Labute approximate surface area is 137 Å². The zero-order valence-electron chi connectivity index (χ0n) is 13.6. The highest BCUT2D eigenvalue weighted by atomic mass is 35.5. The largest absolute Gasteiger partial charge is 0.493 e. The molecule has 1 saturated carbocycles.